The fraction of sp³-hybridized carbons (Fsp3) is 0.231. The van der Waals surface area contributed by atoms with Crippen molar-refractivity contribution in [3.63, 3.8) is 0 Å². The number of amides is 1. The zero-order valence-corrected chi connectivity index (χ0v) is 22.7. The third-order valence-electron chi connectivity index (χ3n) is 6.85. The molecular weight excluding hydrogens is 565 g/mol. The maximum atomic E-state index is 14.7. The molecule has 3 N–H and O–H groups in total. The van der Waals surface area contributed by atoms with Crippen LogP contribution in [0.25, 0.3) is 16.8 Å². The molecule has 0 spiro atoms. The summed E-state index contributed by atoms with van der Waals surface area (Å²) in [7, 11) is -0.696. The Balaban J connectivity index is 1.57. The maximum Gasteiger partial charge on any atom is 0.491 e. The van der Waals surface area contributed by atoms with Gasteiger partial charge in [0.05, 0.1) is 11.1 Å². The molecule has 1 atom stereocenters. The van der Waals surface area contributed by atoms with E-state index in [9.17, 15) is 32.4 Å². The lowest BCUT2D eigenvalue weighted by atomic mass is 9.79. The molecule has 2 aromatic heterocycles. The summed E-state index contributed by atoms with van der Waals surface area (Å²) in [5.74, 6) is -3.02. The van der Waals surface area contributed by atoms with Crippen LogP contribution in [-0.4, -0.2) is 52.8 Å². The maximum absolute atomic E-state index is 14.7. The van der Waals surface area contributed by atoms with Crippen LogP contribution in [0.5, 0.6) is 0 Å². The van der Waals surface area contributed by atoms with Crippen LogP contribution < -0.4 is 10.8 Å². The van der Waals surface area contributed by atoms with Gasteiger partial charge in [-0.2, -0.15) is 5.10 Å². The van der Waals surface area contributed by atoms with Crippen molar-refractivity contribution < 1.29 is 32.4 Å². The van der Waals surface area contributed by atoms with Gasteiger partial charge < -0.3 is 19.9 Å². The average Bonchev–Trinajstić information content (AvgIpc) is 3.70. The van der Waals surface area contributed by atoms with Crippen molar-refractivity contribution in [2.45, 2.75) is 31.8 Å². The summed E-state index contributed by atoms with van der Waals surface area (Å²) < 4.78 is 55.8. The first-order valence-electron chi connectivity index (χ1n) is 12.3. The van der Waals surface area contributed by atoms with Crippen molar-refractivity contribution in [1.29, 1.82) is 0 Å². The van der Waals surface area contributed by atoms with E-state index in [1.54, 1.807) is 30.5 Å². The Labute approximate surface area is 236 Å². The highest BCUT2D eigenvalue weighted by atomic mass is 35.5. The second kappa shape index (κ2) is 11.4. The fourth-order valence-electron chi connectivity index (χ4n) is 4.68. The number of rotatable bonds is 9. The Morgan fingerprint density at radius 3 is 2.45 bits per heavy atom. The van der Waals surface area contributed by atoms with Crippen LogP contribution in [0.4, 0.5) is 8.78 Å². The highest BCUT2D eigenvalue weighted by Gasteiger charge is 2.30. The number of fused-ring (bicyclic) bond motifs is 1. The zero-order chi connectivity index (χ0) is 28.7. The summed E-state index contributed by atoms with van der Waals surface area (Å²) >= 11 is 3.22. The topological polar surface area (TPSA) is 130 Å². The fourth-order valence-corrected chi connectivity index (χ4v) is 5.29. The Hall–Kier alpha value is -3.20. The number of hydrogen-bond donors (Lipinski definition) is 3. The first kappa shape index (κ1) is 28.3. The Kier molecular flexibility index (Phi) is 8.04. The third kappa shape index (κ3) is 5.53. The summed E-state index contributed by atoms with van der Waals surface area (Å²) in [4.78, 5) is 12.9. The number of carbonyl (C=O) groups excluding carboxylic acids is 1. The minimum absolute atomic E-state index is 0.146. The van der Waals surface area contributed by atoms with Crippen molar-refractivity contribution in [2.24, 2.45) is 0 Å². The Bertz CT molecular complexity index is 1630. The van der Waals surface area contributed by atoms with E-state index >= 15 is 0 Å². The van der Waals surface area contributed by atoms with Crippen LogP contribution in [0.2, 0.25) is 5.02 Å². The van der Waals surface area contributed by atoms with Gasteiger partial charge >= 0.3 is 7.12 Å². The van der Waals surface area contributed by atoms with Gasteiger partial charge in [0.15, 0.2) is 11.6 Å². The Morgan fingerprint density at radius 2 is 1.85 bits per heavy atom. The van der Waals surface area contributed by atoms with Gasteiger partial charge in [0, 0.05) is 59.2 Å². The van der Waals surface area contributed by atoms with Crippen molar-refractivity contribution >= 4 is 46.9 Å². The number of pyridine rings is 1. The molecule has 1 aliphatic carbocycles. The number of benzene rings is 2. The van der Waals surface area contributed by atoms with Crippen molar-refractivity contribution in [3.05, 3.63) is 87.6 Å². The molecule has 0 radical (unpaired) electrons. The number of carbonyl (C=O) groups is 1. The molecule has 40 heavy (non-hydrogen) atoms. The zero-order valence-electron chi connectivity index (χ0n) is 21.1. The highest BCUT2D eigenvalue weighted by Crippen LogP contribution is 2.43. The number of halogens is 3. The smallest absolute Gasteiger partial charge is 0.491 e. The molecule has 2 heterocycles. The van der Waals surface area contributed by atoms with Crippen molar-refractivity contribution in [2.75, 3.05) is 7.05 Å². The van der Waals surface area contributed by atoms with Crippen LogP contribution in [0, 0.1) is 11.6 Å². The number of aromatic nitrogens is 2. The lowest BCUT2D eigenvalue weighted by molar-refractivity contribution is 0.0965. The van der Waals surface area contributed by atoms with E-state index in [1.807, 2.05) is 6.07 Å². The standard InChI is InChI=1S/C26H24BClF2N4O5S/c1-31-26(35)22-21-10-19(14-2-3-14)17(13-34(21)32-25(22)15-4-7-18(28)8-5-15)12-33(40(38)39)11-16-6-9-20(27(36)37)24(30)23(16)29/h4-10,13-14,36-37H,2-3,11-12H2,1H3,(H,31,35)(H,38,39)/p-1. The number of hydrogen-bond acceptors (Lipinski definition) is 6. The molecule has 1 fully saturated rings. The molecule has 1 unspecified atom stereocenters. The van der Waals surface area contributed by atoms with Crippen LogP contribution in [-0.2, 0) is 24.4 Å². The second-order valence-electron chi connectivity index (χ2n) is 9.50. The summed E-state index contributed by atoms with van der Waals surface area (Å²) in [5, 5.41) is 26.2. The molecule has 4 aromatic rings. The van der Waals surface area contributed by atoms with Crippen LogP contribution in [0.3, 0.4) is 0 Å². The number of nitrogens with zero attached hydrogens (tertiary/aromatic N) is 3. The van der Waals surface area contributed by atoms with Gasteiger partial charge in [-0.1, -0.05) is 35.9 Å². The molecule has 0 aliphatic heterocycles. The quantitative estimate of drug-likeness (QED) is 0.204. The molecule has 9 nitrogen and oxygen atoms in total. The summed E-state index contributed by atoms with van der Waals surface area (Å²) in [5.41, 5.74) is 2.48. The summed E-state index contributed by atoms with van der Waals surface area (Å²) in [6, 6.07) is 10.8. The van der Waals surface area contributed by atoms with Gasteiger partial charge in [0.2, 0.25) is 0 Å². The van der Waals surface area contributed by atoms with E-state index in [-0.39, 0.29) is 23.9 Å². The largest absolute Gasteiger partial charge is 0.760 e. The van der Waals surface area contributed by atoms with Gasteiger partial charge in [-0.3, -0.25) is 9.00 Å². The van der Waals surface area contributed by atoms with E-state index in [2.05, 4.69) is 10.4 Å². The molecule has 0 saturated heterocycles. The predicted molar refractivity (Wildman–Crippen MR) is 145 cm³/mol. The summed E-state index contributed by atoms with van der Waals surface area (Å²) in [6.45, 7) is -0.670. The highest BCUT2D eigenvalue weighted by molar-refractivity contribution is 7.76. The first-order valence-corrected chi connectivity index (χ1v) is 13.7. The normalized spacial score (nSPS) is 14.1. The molecule has 2 aromatic carbocycles. The van der Waals surface area contributed by atoms with Gasteiger partial charge in [-0.25, -0.2) is 17.6 Å². The Morgan fingerprint density at radius 1 is 1.18 bits per heavy atom. The van der Waals surface area contributed by atoms with E-state index in [0.29, 0.717) is 32.9 Å². The molecule has 1 amide bonds. The number of nitrogens with one attached hydrogen (secondary N) is 1. The third-order valence-corrected chi connectivity index (χ3v) is 7.78. The molecule has 0 bridgehead atoms. The van der Waals surface area contributed by atoms with E-state index in [4.69, 9.17) is 11.6 Å². The van der Waals surface area contributed by atoms with Gasteiger partial charge in [-0.05, 0) is 48.1 Å². The average molecular weight is 588 g/mol. The van der Waals surface area contributed by atoms with E-state index in [1.165, 1.54) is 11.6 Å². The molecule has 5 rings (SSSR count). The van der Waals surface area contributed by atoms with Crippen LogP contribution >= 0.6 is 11.6 Å². The molecular formula is C26H23BClF2N4O5S-. The minimum Gasteiger partial charge on any atom is -0.760 e. The lowest BCUT2D eigenvalue weighted by Gasteiger charge is -2.26. The van der Waals surface area contributed by atoms with E-state index < -0.39 is 42.0 Å². The van der Waals surface area contributed by atoms with Crippen LogP contribution in [0.15, 0.2) is 48.7 Å². The minimum atomic E-state index is -2.82. The molecule has 14 heteroatoms. The molecule has 1 aliphatic rings. The summed E-state index contributed by atoms with van der Waals surface area (Å²) in [6.07, 6.45) is 3.40. The SMILES string of the molecule is CNC(=O)c1c(-c2ccc(Cl)cc2)nn2cc(CN(Cc3ccc(B(O)O)c(F)c3F)S(=O)[O-])c(C3CC3)cc12. The first-order chi connectivity index (χ1) is 19.1. The van der Waals surface area contributed by atoms with E-state index in [0.717, 1.165) is 34.8 Å². The van der Waals surface area contributed by atoms with Crippen molar-refractivity contribution in [3.8, 4) is 11.3 Å². The monoisotopic (exact) mass is 587 g/mol. The van der Waals surface area contributed by atoms with Gasteiger partial charge in [0.1, 0.15) is 5.69 Å². The van der Waals surface area contributed by atoms with Crippen LogP contribution in [0.1, 0.15) is 45.8 Å². The van der Waals surface area contributed by atoms with Gasteiger partial charge in [0.25, 0.3) is 5.91 Å². The molecule has 1 saturated carbocycles. The molecule has 208 valence electrons. The predicted octanol–water partition coefficient (Wildman–Crippen LogP) is 2.65. The second-order valence-corrected chi connectivity index (χ2v) is 10.9. The van der Waals surface area contributed by atoms with Crippen molar-refractivity contribution in [1.82, 2.24) is 19.2 Å². The van der Waals surface area contributed by atoms with Gasteiger partial charge in [-0.15, -0.1) is 0 Å². The lowest BCUT2D eigenvalue weighted by Crippen LogP contribution is -2.34.